The van der Waals surface area contributed by atoms with Gasteiger partial charge in [-0.2, -0.15) is 0 Å². The van der Waals surface area contributed by atoms with E-state index in [-0.39, 0.29) is 11.7 Å². The molecule has 3 N–H and O–H groups in total. The number of benzene rings is 2. The fraction of sp³-hybridized carbons (Fsp3) is 0.238. The van der Waals surface area contributed by atoms with Gasteiger partial charge in [-0.1, -0.05) is 42.0 Å². The number of amides is 1. The number of ketones is 1. The van der Waals surface area contributed by atoms with Crippen LogP contribution in [0.4, 0.5) is 5.69 Å². The van der Waals surface area contributed by atoms with Crippen LogP contribution >= 0.6 is 0 Å². The average Bonchev–Trinajstić information content (AvgIpc) is 2.60. The molecule has 0 aliphatic heterocycles. The van der Waals surface area contributed by atoms with E-state index in [0.717, 1.165) is 24.0 Å². The van der Waals surface area contributed by atoms with Crippen LogP contribution in [0.15, 0.2) is 60.7 Å². The van der Waals surface area contributed by atoms with Crippen molar-refractivity contribution in [2.45, 2.75) is 26.2 Å². The molecule has 4 heteroatoms. The first kappa shape index (κ1) is 18.5. The van der Waals surface area contributed by atoms with Crippen LogP contribution in [0.5, 0.6) is 0 Å². The van der Waals surface area contributed by atoms with E-state index in [2.05, 4.69) is 5.32 Å². The zero-order valence-electron chi connectivity index (χ0n) is 14.5. The number of allylic oxidation sites excluding steroid dienone is 2. The predicted molar refractivity (Wildman–Crippen MR) is 101 cm³/mol. The second-order valence-electron chi connectivity index (χ2n) is 6.01. The summed E-state index contributed by atoms with van der Waals surface area (Å²) in [7, 11) is 0. The molecule has 0 aromatic heterocycles. The van der Waals surface area contributed by atoms with Crippen molar-refractivity contribution in [2.24, 2.45) is 0 Å². The van der Waals surface area contributed by atoms with Gasteiger partial charge in [-0.15, -0.1) is 0 Å². The summed E-state index contributed by atoms with van der Waals surface area (Å²) in [5, 5.41) is 2.88. The highest BCUT2D eigenvalue weighted by Gasteiger charge is 2.04. The largest absolute Gasteiger partial charge is 0.398 e. The Hall–Kier alpha value is -2.88. The summed E-state index contributed by atoms with van der Waals surface area (Å²) >= 11 is 0. The number of carbonyl (C=O) groups is 2. The zero-order chi connectivity index (χ0) is 18.1. The summed E-state index contributed by atoms with van der Waals surface area (Å²) in [4.78, 5) is 23.8. The number of carbonyl (C=O) groups excluding carboxylic acids is 2. The highest BCUT2D eigenvalue weighted by molar-refractivity contribution is 5.94. The first-order valence-electron chi connectivity index (χ1n) is 8.44. The molecule has 0 saturated heterocycles. The second-order valence-corrected chi connectivity index (χ2v) is 6.01. The lowest BCUT2D eigenvalue weighted by Gasteiger charge is -2.04. The molecule has 4 nitrogen and oxygen atoms in total. The number of hydrogen-bond donors (Lipinski definition) is 2. The zero-order valence-corrected chi connectivity index (χ0v) is 14.5. The second kappa shape index (κ2) is 9.42. The van der Waals surface area contributed by atoms with E-state index < -0.39 is 0 Å². The third kappa shape index (κ3) is 6.26. The first-order valence-corrected chi connectivity index (χ1v) is 8.44. The molecule has 2 aromatic rings. The average molecular weight is 336 g/mol. The minimum absolute atomic E-state index is 0.0293. The molecule has 0 spiro atoms. The number of unbranched alkanes of at least 4 members (excludes halogenated alkanes) is 1. The van der Waals surface area contributed by atoms with Gasteiger partial charge in [0.25, 0.3) is 5.91 Å². The quantitative estimate of drug-likeness (QED) is 0.440. The van der Waals surface area contributed by atoms with Gasteiger partial charge in [0.05, 0.1) is 0 Å². The molecule has 0 heterocycles. The molecular formula is C21H24N2O2. The maximum atomic E-state index is 11.9. The van der Waals surface area contributed by atoms with Crippen LogP contribution in [0, 0.1) is 6.92 Å². The van der Waals surface area contributed by atoms with E-state index in [1.54, 1.807) is 12.1 Å². The van der Waals surface area contributed by atoms with Crippen molar-refractivity contribution in [1.29, 1.82) is 0 Å². The smallest absolute Gasteiger partial charge is 0.251 e. The number of aryl methyl sites for hydroxylation is 1. The van der Waals surface area contributed by atoms with Gasteiger partial charge >= 0.3 is 0 Å². The third-order valence-electron chi connectivity index (χ3n) is 3.87. The minimum atomic E-state index is -0.0698. The van der Waals surface area contributed by atoms with Gasteiger partial charge in [0.2, 0.25) is 0 Å². The predicted octanol–water partition coefficient (Wildman–Crippen LogP) is 3.46. The summed E-state index contributed by atoms with van der Waals surface area (Å²) in [5.74, 6) is -0.0406. The Morgan fingerprint density at radius 3 is 2.52 bits per heavy atom. The SMILES string of the molecule is Cc1ccc(C(=O)NCCC/C=C/C(=O)Cc2ccccc2N)cc1. The molecule has 0 fully saturated rings. The molecule has 0 aliphatic rings. The first-order chi connectivity index (χ1) is 12.1. The fourth-order valence-electron chi connectivity index (χ4n) is 2.39. The lowest BCUT2D eigenvalue weighted by atomic mass is 10.1. The summed E-state index contributed by atoms with van der Waals surface area (Å²) in [6, 6.07) is 14.9. The number of nitrogens with one attached hydrogen (secondary N) is 1. The van der Waals surface area contributed by atoms with Crippen LogP contribution in [-0.4, -0.2) is 18.2 Å². The number of nitrogens with two attached hydrogens (primary N) is 1. The maximum Gasteiger partial charge on any atom is 0.251 e. The summed E-state index contributed by atoms with van der Waals surface area (Å²) in [6.07, 6.45) is 5.28. The van der Waals surface area contributed by atoms with E-state index in [0.29, 0.717) is 24.2 Å². The number of hydrogen-bond acceptors (Lipinski definition) is 3. The van der Waals surface area contributed by atoms with Crippen LogP contribution in [0.3, 0.4) is 0 Å². The Morgan fingerprint density at radius 2 is 1.80 bits per heavy atom. The van der Waals surface area contributed by atoms with E-state index in [4.69, 9.17) is 5.73 Å². The molecular weight excluding hydrogens is 312 g/mol. The molecule has 0 unspecified atom stereocenters. The van der Waals surface area contributed by atoms with Crippen molar-refractivity contribution in [1.82, 2.24) is 5.32 Å². The van der Waals surface area contributed by atoms with Gasteiger partial charge in [-0.3, -0.25) is 9.59 Å². The number of rotatable bonds is 8. The molecule has 130 valence electrons. The fourth-order valence-corrected chi connectivity index (χ4v) is 2.39. The van der Waals surface area contributed by atoms with Gasteiger partial charge in [0.15, 0.2) is 5.78 Å². The summed E-state index contributed by atoms with van der Waals surface area (Å²) in [5.41, 5.74) is 9.11. The Labute approximate surface area is 148 Å². The van der Waals surface area contributed by atoms with Crippen LogP contribution in [0.25, 0.3) is 0 Å². The number of anilines is 1. The normalized spacial score (nSPS) is 10.8. The topological polar surface area (TPSA) is 72.2 Å². The van der Waals surface area contributed by atoms with Crippen molar-refractivity contribution in [2.75, 3.05) is 12.3 Å². The lowest BCUT2D eigenvalue weighted by Crippen LogP contribution is -2.24. The Morgan fingerprint density at radius 1 is 1.08 bits per heavy atom. The van der Waals surface area contributed by atoms with Gasteiger partial charge < -0.3 is 11.1 Å². The van der Waals surface area contributed by atoms with Gasteiger partial charge in [-0.05, 0) is 49.6 Å². The number of para-hydroxylation sites is 1. The Balaban J connectivity index is 1.66. The van der Waals surface area contributed by atoms with Crippen molar-refractivity contribution in [3.8, 4) is 0 Å². The monoisotopic (exact) mass is 336 g/mol. The summed E-state index contributed by atoms with van der Waals surface area (Å²) < 4.78 is 0. The molecule has 1 amide bonds. The minimum Gasteiger partial charge on any atom is -0.398 e. The van der Waals surface area contributed by atoms with Gasteiger partial charge in [-0.25, -0.2) is 0 Å². The third-order valence-corrected chi connectivity index (χ3v) is 3.87. The standard InChI is InChI=1S/C21H24N2O2/c1-16-10-12-17(13-11-16)21(25)23-14-6-2-3-8-19(24)15-18-7-4-5-9-20(18)22/h3-5,7-13H,2,6,14-15,22H2,1H3,(H,23,25)/b8-3+. The highest BCUT2D eigenvalue weighted by Crippen LogP contribution is 2.11. The van der Waals surface area contributed by atoms with Gasteiger partial charge in [0.1, 0.15) is 0 Å². The van der Waals surface area contributed by atoms with Crippen LogP contribution < -0.4 is 11.1 Å². The van der Waals surface area contributed by atoms with E-state index in [1.165, 1.54) is 0 Å². The Kier molecular flexibility index (Phi) is 6.96. The van der Waals surface area contributed by atoms with Crippen molar-refractivity contribution in [3.63, 3.8) is 0 Å². The maximum absolute atomic E-state index is 11.9. The van der Waals surface area contributed by atoms with Crippen LogP contribution in [-0.2, 0) is 11.2 Å². The molecule has 0 bridgehead atoms. The van der Waals surface area contributed by atoms with Crippen molar-refractivity contribution >= 4 is 17.4 Å². The molecule has 0 radical (unpaired) electrons. The van der Waals surface area contributed by atoms with Crippen molar-refractivity contribution < 1.29 is 9.59 Å². The van der Waals surface area contributed by atoms with E-state index >= 15 is 0 Å². The molecule has 2 aromatic carbocycles. The van der Waals surface area contributed by atoms with Gasteiger partial charge in [0, 0.05) is 24.2 Å². The lowest BCUT2D eigenvalue weighted by molar-refractivity contribution is -0.114. The van der Waals surface area contributed by atoms with E-state index in [1.807, 2.05) is 55.5 Å². The van der Waals surface area contributed by atoms with Crippen LogP contribution in [0.2, 0.25) is 0 Å². The summed E-state index contributed by atoms with van der Waals surface area (Å²) in [6.45, 7) is 2.57. The molecule has 0 atom stereocenters. The van der Waals surface area contributed by atoms with Crippen LogP contribution in [0.1, 0.15) is 34.3 Å². The van der Waals surface area contributed by atoms with Crippen molar-refractivity contribution in [3.05, 3.63) is 77.4 Å². The molecule has 25 heavy (non-hydrogen) atoms. The Bertz CT molecular complexity index is 749. The molecule has 0 aliphatic carbocycles. The molecule has 2 rings (SSSR count). The molecule has 0 saturated carbocycles. The highest BCUT2D eigenvalue weighted by atomic mass is 16.1. The number of nitrogen functional groups attached to an aromatic ring is 1. The van der Waals surface area contributed by atoms with E-state index in [9.17, 15) is 9.59 Å².